The van der Waals surface area contributed by atoms with Gasteiger partial charge in [-0.3, -0.25) is 4.79 Å². The van der Waals surface area contributed by atoms with Crippen molar-refractivity contribution in [2.75, 3.05) is 13.7 Å². The number of hydrogen-bond donors (Lipinski definition) is 1. The summed E-state index contributed by atoms with van der Waals surface area (Å²) in [7, 11) is 1.65. The molecule has 0 aliphatic carbocycles. The van der Waals surface area contributed by atoms with E-state index < -0.39 is 12.0 Å². The smallest absolute Gasteiger partial charge is 0.247 e. The molecule has 0 aliphatic rings. The molecule has 32 heavy (non-hydrogen) atoms. The first-order valence-corrected chi connectivity index (χ1v) is 10.9. The van der Waals surface area contributed by atoms with Crippen molar-refractivity contribution in [2.24, 2.45) is 11.1 Å². The lowest BCUT2D eigenvalue weighted by molar-refractivity contribution is -0.133. The molecular formula is C26H33N3O3. The van der Waals surface area contributed by atoms with Crippen molar-refractivity contribution >= 4 is 5.91 Å². The van der Waals surface area contributed by atoms with Gasteiger partial charge in [-0.2, -0.15) is 0 Å². The first-order valence-electron chi connectivity index (χ1n) is 10.9. The Morgan fingerprint density at radius 3 is 2.44 bits per heavy atom. The number of rotatable bonds is 9. The SMILES string of the molecule is CCOC(C(N)=O)[C@@H](c1nc(-c2cccc(OC)c2)cn1Cc1ccccc1)C(C)(C)C. The third-order valence-corrected chi connectivity index (χ3v) is 5.51. The van der Waals surface area contributed by atoms with E-state index in [4.69, 9.17) is 20.2 Å². The fourth-order valence-electron chi connectivity index (χ4n) is 4.01. The lowest BCUT2D eigenvalue weighted by Crippen LogP contribution is -2.43. The van der Waals surface area contributed by atoms with E-state index in [2.05, 4.69) is 37.5 Å². The molecule has 1 unspecified atom stereocenters. The Labute approximate surface area is 190 Å². The third kappa shape index (κ3) is 5.37. The van der Waals surface area contributed by atoms with Crippen LogP contribution in [0.15, 0.2) is 60.8 Å². The maximum absolute atomic E-state index is 12.4. The standard InChI is InChI=1S/C26H33N3O3/c1-6-32-23(24(27)30)22(26(2,3)4)25-28-21(19-13-10-14-20(15-19)31-5)17-29(25)16-18-11-8-7-9-12-18/h7-15,17,22-23H,6,16H2,1-5H3,(H2,27,30)/t22-,23?/m0/s1. The molecule has 0 fully saturated rings. The molecule has 0 saturated carbocycles. The van der Waals surface area contributed by atoms with E-state index in [9.17, 15) is 4.79 Å². The quantitative estimate of drug-likeness (QED) is 0.532. The third-order valence-electron chi connectivity index (χ3n) is 5.51. The van der Waals surface area contributed by atoms with Crippen LogP contribution >= 0.6 is 0 Å². The largest absolute Gasteiger partial charge is 0.497 e. The minimum absolute atomic E-state index is 0.319. The lowest BCUT2D eigenvalue weighted by Gasteiger charge is -2.35. The Hall–Kier alpha value is -3.12. The Morgan fingerprint density at radius 2 is 1.84 bits per heavy atom. The molecular weight excluding hydrogens is 402 g/mol. The molecule has 3 rings (SSSR count). The number of nitrogens with two attached hydrogens (primary N) is 1. The molecule has 1 amide bonds. The Morgan fingerprint density at radius 1 is 1.12 bits per heavy atom. The predicted octanol–water partition coefficient (Wildman–Crippen LogP) is 4.63. The maximum atomic E-state index is 12.4. The number of nitrogens with zero attached hydrogens (tertiary/aromatic N) is 2. The molecule has 2 aromatic carbocycles. The summed E-state index contributed by atoms with van der Waals surface area (Å²) < 4.78 is 13.4. The molecule has 1 aromatic heterocycles. The van der Waals surface area contributed by atoms with E-state index in [0.29, 0.717) is 13.2 Å². The summed E-state index contributed by atoms with van der Waals surface area (Å²) in [5.74, 6) is 0.724. The van der Waals surface area contributed by atoms with Crippen LogP contribution in [-0.4, -0.2) is 35.3 Å². The van der Waals surface area contributed by atoms with Crippen molar-refractivity contribution in [1.82, 2.24) is 9.55 Å². The van der Waals surface area contributed by atoms with Gasteiger partial charge in [0.15, 0.2) is 0 Å². The summed E-state index contributed by atoms with van der Waals surface area (Å²) in [6.07, 6.45) is 1.25. The van der Waals surface area contributed by atoms with Gasteiger partial charge in [0.25, 0.3) is 0 Å². The van der Waals surface area contributed by atoms with Crippen LogP contribution in [0.4, 0.5) is 0 Å². The Bertz CT molecular complexity index is 1040. The number of carbonyl (C=O) groups excluding carboxylic acids is 1. The first kappa shape index (κ1) is 23.5. The summed E-state index contributed by atoms with van der Waals surface area (Å²) in [5.41, 5.74) is 8.37. The lowest BCUT2D eigenvalue weighted by atomic mass is 9.76. The molecule has 3 aromatic rings. The van der Waals surface area contributed by atoms with Gasteiger partial charge in [-0.25, -0.2) is 4.98 Å². The molecule has 0 spiro atoms. The number of ether oxygens (including phenoxy) is 2. The van der Waals surface area contributed by atoms with Crippen molar-refractivity contribution in [2.45, 2.75) is 46.3 Å². The van der Waals surface area contributed by atoms with E-state index in [-0.39, 0.29) is 11.3 Å². The minimum atomic E-state index is -0.782. The van der Waals surface area contributed by atoms with Crippen LogP contribution in [0.1, 0.15) is 45.0 Å². The maximum Gasteiger partial charge on any atom is 0.247 e. The number of methoxy groups -OCH3 is 1. The fraction of sp³-hybridized carbons (Fsp3) is 0.385. The summed E-state index contributed by atoms with van der Waals surface area (Å²) >= 11 is 0. The number of primary amides is 1. The molecule has 1 heterocycles. The fourth-order valence-corrected chi connectivity index (χ4v) is 4.01. The van der Waals surface area contributed by atoms with E-state index in [1.807, 2.05) is 55.6 Å². The van der Waals surface area contributed by atoms with Crippen molar-refractivity contribution in [3.8, 4) is 17.0 Å². The summed E-state index contributed by atoms with van der Waals surface area (Å²) in [4.78, 5) is 17.4. The number of benzene rings is 2. The van der Waals surface area contributed by atoms with E-state index in [1.54, 1.807) is 7.11 Å². The van der Waals surface area contributed by atoms with E-state index in [0.717, 1.165) is 28.4 Å². The molecule has 0 aliphatic heterocycles. The van der Waals surface area contributed by atoms with Gasteiger partial charge >= 0.3 is 0 Å². The number of hydrogen-bond acceptors (Lipinski definition) is 4. The number of amides is 1. The normalized spacial score (nSPS) is 13.5. The van der Waals surface area contributed by atoms with Crippen LogP contribution in [-0.2, 0) is 16.1 Å². The highest BCUT2D eigenvalue weighted by molar-refractivity contribution is 5.80. The number of imidazole rings is 1. The van der Waals surface area contributed by atoms with Crippen LogP contribution in [0.2, 0.25) is 0 Å². The average molecular weight is 436 g/mol. The molecule has 0 saturated heterocycles. The zero-order chi connectivity index (χ0) is 23.3. The van der Waals surface area contributed by atoms with Gasteiger partial charge in [-0.15, -0.1) is 0 Å². The molecule has 0 bridgehead atoms. The van der Waals surface area contributed by atoms with Crippen LogP contribution in [0.5, 0.6) is 5.75 Å². The zero-order valence-corrected chi connectivity index (χ0v) is 19.5. The number of carbonyl (C=O) groups is 1. The second-order valence-electron chi connectivity index (χ2n) is 8.95. The van der Waals surface area contributed by atoms with Crippen molar-refractivity contribution in [3.05, 3.63) is 72.2 Å². The van der Waals surface area contributed by atoms with Crippen LogP contribution in [0.3, 0.4) is 0 Å². The summed E-state index contributed by atoms with van der Waals surface area (Å²) in [6.45, 7) is 9.13. The van der Waals surface area contributed by atoms with Crippen LogP contribution in [0.25, 0.3) is 11.3 Å². The van der Waals surface area contributed by atoms with Gasteiger partial charge in [0.2, 0.25) is 5.91 Å². The molecule has 2 atom stereocenters. The van der Waals surface area contributed by atoms with Crippen molar-refractivity contribution < 1.29 is 14.3 Å². The topological polar surface area (TPSA) is 79.4 Å². The monoisotopic (exact) mass is 435 g/mol. The van der Waals surface area contributed by atoms with Gasteiger partial charge in [-0.05, 0) is 30.0 Å². The molecule has 0 radical (unpaired) electrons. The Balaban J connectivity index is 2.17. The number of aromatic nitrogens is 2. The van der Waals surface area contributed by atoms with E-state index in [1.165, 1.54) is 0 Å². The Kier molecular flexibility index (Phi) is 7.36. The van der Waals surface area contributed by atoms with Crippen LogP contribution in [0, 0.1) is 5.41 Å². The highest BCUT2D eigenvalue weighted by Gasteiger charge is 2.40. The van der Waals surface area contributed by atoms with Gasteiger partial charge in [0.05, 0.1) is 18.7 Å². The van der Waals surface area contributed by atoms with Gasteiger partial charge < -0.3 is 19.8 Å². The molecule has 6 nitrogen and oxygen atoms in total. The van der Waals surface area contributed by atoms with Crippen molar-refractivity contribution in [1.29, 1.82) is 0 Å². The highest BCUT2D eigenvalue weighted by atomic mass is 16.5. The zero-order valence-electron chi connectivity index (χ0n) is 19.5. The highest BCUT2D eigenvalue weighted by Crippen LogP contribution is 2.40. The second-order valence-corrected chi connectivity index (χ2v) is 8.95. The van der Waals surface area contributed by atoms with Gasteiger partial charge in [0, 0.05) is 24.9 Å². The van der Waals surface area contributed by atoms with Gasteiger partial charge in [0.1, 0.15) is 17.7 Å². The first-order chi connectivity index (χ1) is 15.2. The molecule has 2 N–H and O–H groups in total. The molecule has 6 heteroatoms. The van der Waals surface area contributed by atoms with Crippen LogP contribution < -0.4 is 10.5 Å². The minimum Gasteiger partial charge on any atom is -0.497 e. The summed E-state index contributed by atoms with van der Waals surface area (Å²) in [5, 5.41) is 0. The second kappa shape index (κ2) is 10.0. The average Bonchev–Trinajstić information content (AvgIpc) is 3.16. The van der Waals surface area contributed by atoms with Gasteiger partial charge in [-0.1, -0.05) is 63.2 Å². The van der Waals surface area contributed by atoms with E-state index >= 15 is 0 Å². The molecule has 170 valence electrons. The van der Waals surface area contributed by atoms with Crippen molar-refractivity contribution in [3.63, 3.8) is 0 Å². The predicted molar refractivity (Wildman–Crippen MR) is 127 cm³/mol. The summed E-state index contributed by atoms with van der Waals surface area (Å²) in [6, 6.07) is 18.0.